The molecular formula is C14H18F2N2O3S. The van der Waals surface area contributed by atoms with Crippen molar-refractivity contribution in [1.82, 2.24) is 10.2 Å². The molecule has 0 saturated carbocycles. The summed E-state index contributed by atoms with van der Waals surface area (Å²) >= 11 is 0. The van der Waals surface area contributed by atoms with Gasteiger partial charge in [-0.2, -0.15) is 0 Å². The summed E-state index contributed by atoms with van der Waals surface area (Å²) in [5.41, 5.74) is 0.430. The van der Waals surface area contributed by atoms with Gasteiger partial charge < -0.3 is 10.2 Å². The molecule has 2 amide bonds. The molecule has 1 fully saturated rings. The quantitative estimate of drug-likeness (QED) is 0.919. The highest BCUT2D eigenvalue weighted by molar-refractivity contribution is 7.91. The van der Waals surface area contributed by atoms with Gasteiger partial charge in [-0.25, -0.2) is 22.0 Å². The zero-order chi connectivity index (χ0) is 16.5. The number of carbonyl (C=O) groups excluding carboxylic acids is 1. The van der Waals surface area contributed by atoms with Crippen LogP contribution in [0.3, 0.4) is 0 Å². The summed E-state index contributed by atoms with van der Waals surface area (Å²) in [6.45, 7) is 1.64. The SMILES string of the molecule is C[C@H](NC(=O)N(C)[C@@H]1CCS(=O)(=O)C1)c1ccc(F)c(F)c1. The number of urea groups is 1. The van der Waals surface area contributed by atoms with Gasteiger partial charge in [-0.05, 0) is 31.0 Å². The van der Waals surface area contributed by atoms with Gasteiger partial charge in [0.2, 0.25) is 0 Å². The lowest BCUT2D eigenvalue weighted by atomic mass is 10.1. The second-order valence-electron chi connectivity index (χ2n) is 5.51. The molecule has 1 aromatic rings. The summed E-state index contributed by atoms with van der Waals surface area (Å²) in [4.78, 5) is 13.5. The van der Waals surface area contributed by atoms with Gasteiger partial charge in [0, 0.05) is 13.1 Å². The van der Waals surface area contributed by atoms with Crippen LogP contribution in [-0.2, 0) is 9.84 Å². The normalized spacial score (nSPS) is 21.4. The van der Waals surface area contributed by atoms with E-state index in [4.69, 9.17) is 0 Å². The number of nitrogens with one attached hydrogen (secondary N) is 1. The molecule has 1 heterocycles. The summed E-state index contributed by atoms with van der Waals surface area (Å²) < 4.78 is 49.0. The monoisotopic (exact) mass is 332 g/mol. The minimum Gasteiger partial charge on any atom is -0.331 e. The van der Waals surface area contributed by atoms with Crippen LogP contribution in [0, 0.1) is 11.6 Å². The summed E-state index contributed by atoms with van der Waals surface area (Å²) in [5, 5.41) is 2.65. The number of benzene rings is 1. The van der Waals surface area contributed by atoms with Crippen LogP contribution in [0.2, 0.25) is 0 Å². The molecule has 2 atom stereocenters. The van der Waals surface area contributed by atoms with Crippen LogP contribution in [-0.4, -0.2) is 43.9 Å². The Labute approximate surface area is 128 Å². The minimum atomic E-state index is -3.08. The van der Waals surface area contributed by atoms with E-state index in [1.165, 1.54) is 18.0 Å². The first-order valence-corrected chi connectivity index (χ1v) is 8.70. The Morgan fingerprint density at radius 1 is 1.36 bits per heavy atom. The maximum Gasteiger partial charge on any atom is 0.317 e. The summed E-state index contributed by atoms with van der Waals surface area (Å²) in [6.07, 6.45) is 0.409. The molecule has 0 unspecified atom stereocenters. The first-order chi connectivity index (χ1) is 10.2. The number of halogens is 2. The predicted octanol–water partition coefficient (Wildman–Crippen LogP) is 1.85. The zero-order valence-corrected chi connectivity index (χ0v) is 13.2. The van der Waals surface area contributed by atoms with Crippen molar-refractivity contribution in [3.63, 3.8) is 0 Å². The Kier molecular flexibility index (Phi) is 4.69. The van der Waals surface area contributed by atoms with Crippen molar-refractivity contribution in [3.8, 4) is 0 Å². The van der Waals surface area contributed by atoms with Gasteiger partial charge in [-0.1, -0.05) is 6.07 Å². The summed E-state index contributed by atoms with van der Waals surface area (Å²) in [7, 11) is -1.55. The summed E-state index contributed by atoms with van der Waals surface area (Å²) in [6, 6.07) is 2.09. The average Bonchev–Trinajstić information content (AvgIpc) is 2.81. The number of rotatable bonds is 3. The molecule has 0 aliphatic carbocycles. The molecule has 22 heavy (non-hydrogen) atoms. The molecular weight excluding hydrogens is 314 g/mol. The molecule has 1 aliphatic heterocycles. The Hall–Kier alpha value is -1.70. The fourth-order valence-corrected chi connectivity index (χ4v) is 4.17. The Balaban J connectivity index is 2.00. The minimum absolute atomic E-state index is 0.0452. The standard InChI is InChI=1S/C14H18F2N2O3S/c1-9(10-3-4-12(15)13(16)7-10)17-14(19)18(2)11-5-6-22(20,21)8-11/h3-4,7,9,11H,5-6,8H2,1-2H3,(H,17,19)/t9-,11+/m0/s1. The molecule has 5 nitrogen and oxygen atoms in total. The number of carbonyl (C=O) groups is 1. The average molecular weight is 332 g/mol. The molecule has 2 rings (SSSR count). The number of sulfone groups is 1. The second kappa shape index (κ2) is 6.20. The van der Waals surface area contributed by atoms with Crippen molar-refractivity contribution >= 4 is 15.9 Å². The van der Waals surface area contributed by atoms with Crippen LogP contribution < -0.4 is 5.32 Å². The van der Waals surface area contributed by atoms with Crippen molar-refractivity contribution in [2.24, 2.45) is 0 Å². The van der Waals surface area contributed by atoms with Crippen LogP contribution in [0.15, 0.2) is 18.2 Å². The second-order valence-corrected chi connectivity index (χ2v) is 7.74. The molecule has 0 bridgehead atoms. The highest BCUT2D eigenvalue weighted by atomic mass is 32.2. The van der Waals surface area contributed by atoms with Crippen LogP contribution in [0.1, 0.15) is 24.9 Å². The van der Waals surface area contributed by atoms with Gasteiger partial charge in [0.15, 0.2) is 21.5 Å². The Morgan fingerprint density at radius 2 is 2.05 bits per heavy atom. The third kappa shape index (κ3) is 3.73. The topological polar surface area (TPSA) is 66.5 Å². The molecule has 0 radical (unpaired) electrons. The molecule has 1 aliphatic rings. The van der Waals surface area contributed by atoms with Gasteiger partial charge in [0.1, 0.15) is 0 Å². The number of hydrogen-bond donors (Lipinski definition) is 1. The first-order valence-electron chi connectivity index (χ1n) is 6.88. The highest BCUT2D eigenvalue weighted by Gasteiger charge is 2.33. The fraction of sp³-hybridized carbons (Fsp3) is 0.500. The summed E-state index contributed by atoms with van der Waals surface area (Å²) in [5.74, 6) is -1.89. The number of hydrogen-bond acceptors (Lipinski definition) is 3. The lowest BCUT2D eigenvalue weighted by Gasteiger charge is -2.26. The maximum absolute atomic E-state index is 13.2. The maximum atomic E-state index is 13.2. The molecule has 0 aromatic heterocycles. The van der Waals surface area contributed by atoms with E-state index in [2.05, 4.69) is 5.32 Å². The third-order valence-corrected chi connectivity index (χ3v) is 5.61. The van der Waals surface area contributed by atoms with E-state index in [0.29, 0.717) is 12.0 Å². The zero-order valence-electron chi connectivity index (χ0n) is 12.3. The number of amides is 2. The predicted molar refractivity (Wildman–Crippen MR) is 78.1 cm³/mol. The Bertz CT molecular complexity index is 679. The first kappa shape index (κ1) is 16.7. The van der Waals surface area contributed by atoms with Crippen LogP contribution >= 0.6 is 0 Å². The van der Waals surface area contributed by atoms with Gasteiger partial charge in [-0.15, -0.1) is 0 Å². The van der Waals surface area contributed by atoms with E-state index < -0.39 is 33.5 Å². The highest BCUT2D eigenvalue weighted by Crippen LogP contribution is 2.19. The van der Waals surface area contributed by atoms with E-state index in [1.54, 1.807) is 6.92 Å². The van der Waals surface area contributed by atoms with Crippen molar-refractivity contribution in [2.75, 3.05) is 18.6 Å². The van der Waals surface area contributed by atoms with Gasteiger partial charge in [0.25, 0.3) is 0 Å². The van der Waals surface area contributed by atoms with E-state index in [1.807, 2.05) is 0 Å². The lowest BCUT2D eigenvalue weighted by Crippen LogP contribution is -2.44. The Morgan fingerprint density at radius 3 is 2.59 bits per heavy atom. The van der Waals surface area contributed by atoms with Gasteiger partial charge >= 0.3 is 6.03 Å². The van der Waals surface area contributed by atoms with Crippen molar-refractivity contribution < 1.29 is 22.0 Å². The molecule has 1 N–H and O–H groups in total. The van der Waals surface area contributed by atoms with Crippen molar-refractivity contribution in [3.05, 3.63) is 35.4 Å². The van der Waals surface area contributed by atoms with E-state index in [9.17, 15) is 22.0 Å². The van der Waals surface area contributed by atoms with Crippen LogP contribution in [0.5, 0.6) is 0 Å². The molecule has 8 heteroatoms. The fourth-order valence-electron chi connectivity index (χ4n) is 2.40. The van der Waals surface area contributed by atoms with E-state index >= 15 is 0 Å². The van der Waals surface area contributed by atoms with E-state index in [0.717, 1.165) is 12.1 Å². The molecule has 1 saturated heterocycles. The van der Waals surface area contributed by atoms with Gasteiger partial charge in [-0.3, -0.25) is 0 Å². The van der Waals surface area contributed by atoms with Crippen LogP contribution in [0.4, 0.5) is 13.6 Å². The van der Waals surface area contributed by atoms with Crippen LogP contribution in [0.25, 0.3) is 0 Å². The third-order valence-electron chi connectivity index (χ3n) is 3.86. The lowest BCUT2D eigenvalue weighted by molar-refractivity contribution is 0.192. The van der Waals surface area contributed by atoms with E-state index in [-0.39, 0.29) is 17.5 Å². The number of nitrogens with zero attached hydrogens (tertiary/aromatic N) is 1. The van der Waals surface area contributed by atoms with Crippen molar-refractivity contribution in [2.45, 2.75) is 25.4 Å². The molecule has 122 valence electrons. The molecule has 1 aromatic carbocycles. The largest absolute Gasteiger partial charge is 0.331 e. The molecule has 0 spiro atoms. The smallest absolute Gasteiger partial charge is 0.317 e. The van der Waals surface area contributed by atoms with Gasteiger partial charge in [0.05, 0.1) is 17.5 Å². The van der Waals surface area contributed by atoms with Crippen molar-refractivity contribution in [1.29, 1.82) is 0 Å².